The normalized spacial score (nSPS) is 10.0. The lowest BCUT2D eigenvalue weighted by Crippen LogP contribution is -2.41. The highest BCUT2D eigenvalue weighted by atomic mass is 32.1. The molecule has 7 nitrogen and oxygen atoms in total. The Balaban J connectivity index is 1.55. The number of rotatable bonds is 4. The van der Waals surface area contributed by atoms with E-state index in [0.29, 0.717) is 16.1 Å². The fourth-order valence-corrected chi connectivity index (χ4v) is 2.67. The first-order valence-electron chi connectivity index (χ1n) is 7.60. The molecule has 0 unspecified atom stereocenters. The van der Waals surface area contributed by atoms with Crippen LogP contribution in [-0.2, 0) is 0 Å². The van der Waals surface area contributed by atoms with Gasteiger partial charge in [0.1, 0.15) is 5.69 Å². The van der Waals surface area contributed by atoms with Crippen molar-refractivity contribution in [2.45, 2.75) is 0 Å². The summed E-state index contributed by atoms with van der Waals surface area (Å²) in [6.07, 6.45) is 1.49. The number of thiophene rings is 1. The van der Waals surface area contributed by atoms with Crippen LogP contribution in [0.4, 0.5) is 5.69 Å². The summed E-state index contributed by atoms with van der Waals surface area (Å²) >= 11 is 1.34. The van der Waals surface area contributed by atoms with Gasteiger partial charge in [-0.3, -0.25) is 30.2 Å². The highest BCUT2D eigenvalue weighted by Gasteiger charge is 2.11. The summed E-state index contributed by atoms with van der Waals surface area (Å²) in [6.45, 7) is 0. The molecule has 3 N–H and O–H groups in total. The number of nitrogens with one attached hydrogen (secondary N) is 3. The van der Waals surface area contributed by atoms with Gasteiger partial charge in [-0.05, 0) is 47.8 Å². The molecule has 0 spiro atoms. The van der Waals surface area contributed by atoms with E-state index >= 15 is 0 Å². The number of carbonyl (C=O) groups is 3. The number of anilines is 1. The van der Waals surface area contributed by atoms with Crippen molar-refractivity contribution in [1.29, 1.82) is 0 Å². The molecule has 0 aliphatic rings. The Hall–Kier alpha value is -3.52. The lowest BCUT2D eigenvalue weighted by molar-refractivity contribution is 0.0844. The maximum absolute atomic E-state index is 12.1. The largest absolute Gasteiger partial charge is 0.321 e. The Kier molecular flexibility index (Phi) is 5.35. The third-order valence-electron chi connectivity index (χ3n) is 3.34. The zero-order chi connectivity index (χ0) is 18.4. The smallest absolute Gasteiger partial charge is 0.288 e. The van der Waals surface area contributed by atoms with E-state index in [9.17, 15) is 14.4 Å². The second kappa shape index (κ2) is 8.04. The molecule has 1 aromatic carbocycles. The number of aromatic nitrogens is 1. The van der Waals surface area contributed by atoms with Crippen LogP contribution in [0.25, 0.3) is 0 Å². The van der Waals surface area contributed by atoms with E-state index in [1.165, 1.54) is 23.6 Å². The third kappa shape index (κ3) is 4.31. The SMILES string of the molecule is O=C(NNC(=O)c1ccccn1)c1ccc(NC(=O)c2cccs2)cc1. The Morgan fingerprint density at radius 3 is 2.23 bits per heavy atom. The number of benzene rings is 1. The van der Waals surface area contributed by atoms with Gasteiger partial charge in [0.2, 0.25) is 0 Å². The van der Waals surface area contributed by atoms with Crippen molar-refractivity contribution in [2.24, 2.45) is 0 Å². The Bertz CT molecular complexity index is 909. The summed E-state index contributed by atoms with van der Waals surface area (Å²) in [5.74, 6) is -1.20. The molecule has 0 radical (unpaired) electrons. The van der Waals surface area contributed by atoms with Crippen molar-refractivity contribution >= 4 is 34.7 Å². The van der Waals surface area contributed by atoms with E-state index in [2.05, 4.69) is 21.2 Å². The van der Waals surface area contributed by atoms with Crippen LogP contribution in [0, 0.1) is 0 Å². The van der Waals surface area contributed by atoms with Crippen molar-refractivity contribution in [3.63, 3.8) is 0 Å². The van der Waals surface area contributed by atoms with Crippen LogP contribution in [-0.4, -0.2) is 22.7 Å². The predicted octanol–water partition coefficient (Wildman–Crippen LogP) is 2.47. The molecule has 130 valence electrons. The fraction of sp³-hybridized carbons (Fsp3) is 0. The predicted molar refractivity (Wildman–Crippen MR) is 97.9 cm³/mol. The van der Waals surface area contributed by atoms with Gasteiger partial charge in [-0.15, -0.1) is 11.3 Å². The van der Waals surface area contributed by atoms with E-state index in [0.717, 1.165) is 0 Å². The second-order valence-electron chi connectivity index (χ2n) is 5.13. The Morgan fingerprint density at radius 1 is 0.808 bits per heavy atom. The summed E-state index contributed by atoms with van der Waals surface area (Å²) in [4.78, 5) is 40.4. The molecule has 2 aromatic heterocycles. The van der Waals surface area contributed by atoms with Gasteiger partial charge >= 0.3 is 0 Å². The number of pyridine rings is 1. The van der Waals surface area contributed by atoms with E-state index in [4.69, 9.17) is 0 Å². The monoisotopic (exact) mass is 366 g/mol. The average Bonchev–Trinajstić information content (AvgIpc) is 3.22. The fourth-order valence-electron chi connectivity index (χ4n) is 2.05. The molecule has 0 bridgehead atoms. The molecule has 0 aliphatic heterocycles. The Labute approximate surface area is 153 Å². The Morgan fingerprint density at radius 2 is 1.58 bits per heavy atom. The van der Waals surface area contributed by atoms with E-state index < -0.39 is 11.8 Å². The zero-order valence-electron chi connectivity index (χ0n) is 13.4. The second-order valence-corrected chi connectivity index (χ2v) is 6.08. The minimum absolute atomic E-state index is 0.194. The van der Waals surface area contributed by atoms with Crippen LogP contribution in [0.15, 0.2) is 66.2 Å². The van der Waals surface area contributed by atoms with E-state index in [1.54, 1.807) is 48.5 Å². The molecule has 2 heterocycles. The molecular formula is C18H14N4O3S. The third-order valence-corrected chi connectivity index (χ3v) is 4.21. The van der Waals surface area contributed by atoms with Crippen molar-refractivity contribution in [1.82, 2.24) is 15.8 Å². The molecule has 0 fully saturated rings. The molecule has 26 heavy (non-hydrogen) atoms. The van der Waals surface area contributed by atoms with Crippen molar-refractivity contribution in [3.8, 4) is 0 Å². The molecular weight excluding hydrogens is 352 g/mol. The number of amides is 3. The molecule has 3 rings (SSSR count). The minimum atomic E-state index is -0.515. The molecule has 3 amide bonds. The zero-order valence-corrected chi connectivity index (χ0v) is 14.2. The van der Waals surface area contributed by atoms with Crippen LogP contribution in [0.5, 0.6) is 0 Å². The van der Waals surface area contributed by atoms with Crippen LogP contribution in [0.3, 0.4) is 0 Å². The minimum Gasteiger partial charge on any atom is -0.321 e. The number of hydrogen-bond acceptors (Lipinski definition) is 5. The van der Waals surface area contributed by atoms with Crippen molar-refractivity contribution in [2.75, 3.05) is 5.32 Å². The van der Waals surface area contributed by atoms with Gasteiger partial charge in [0.05, 0.1) is 4.88 Å². The van der Waals surface area contributed by atoms with Crippen molar-refractivity contribution < 1.29 is 14.4 Å². The lowest BCUT2D eigenvalue weighted by atomic mass is 10.2. The first kappa shape index (κ1) is 17.3. The van der Waals surface area contributed by atoms with Gasteiger partial charge in [0.15, 0.2) is 0 Å². The maximum atomic E-state index is 12.1. The highest BCUT2D eigenvalue weighted by molar-refractivity contribution is 7.12. The van der Waals surface area contributed by atoms with Gasteiger partial charge in [0.25, 0.3) is 17.7 Å². The highest BCUT2D eigenvalue weighted by Crippen LogP contribution is 2.14. The molecule has 3 aromatic rings. The quantitative estimate of drug-likeness (QED) is 0.618. The number of hydrazine groups is 1. The number of hydrogen-bond donors (Lipinski definition) is 3. The molecule has 0 saturated carbocycles. The molecule has 0 aliphatic carbocycles. The van der Waals surface area contributed by atoms with Crippen LogP contribution in [0.2, 0.25) is 0 Å². The van der Waals surface area contributed by atoms with Gasteiger partial charge in [-0.1, -0.05) is 12.1 Å². The molecule has 8 heteroatoms. The summed E-state index contributed by atoms with van der Waals surface area (Å²) in [7, 11) is 0. The first-order valence-corrected chi connectivity index (χ1v) is 8.48. The van der Waals surface area contributed by atoms with Crippen LogP contribution >= 0.6 is 11.3 Å². The topological polar surface area (TPSA) is 100 Å². The summed E-state index contributed by atoms with van der Waals surface area (Å²) in [5.41, 5.74) is 5.70. The van der Waals surface area contributed by atoms with Crippen molar-refractivity contribution in [3.05, 3.63) is 82.3 Å². The summed E-state index contributed by atoms with van der Waals surface area (Å²) in [5, 5.41) is 4.56. The van der Waals surface area contributed by atoms with Gasteiger partial charge in [-0.2, -0.15) is 0 Å². The number of carbonyl (C=O) groups excluding carboxylic acids is 3. The molecule has 0 saturated heterocycles. The van der Waals surface area contributed by atoms with Gasteiger partial charge in [0, 0.05) is 17.4 Å². The lowest BCUT2D eigenvalue weighted by Gasteiger charge is -2.08. The molecule has 0 atom stereocenters. The van der Waals surface area contributed by atoms with Crippen LogP contribution in [0.1, 0.15) is 30.5 Å². The summed E-state index contributed by atoms with van der Waals surface area (Å²) < 4.78 is 0. The summed E-state index contributed by atoms with van der Waals surface area (Å²) in [6, 6.07) is 14.7. The van der Waals surface area contributed by atoms with Crippen LogP contribution < -0.4 is 16.2 Å². The number of nitrogens with zero attached hydrogens (tertiary/aromatic N) is 1. The van der Waals surface area contributed by atoms with E-state index in [-0.39, 0.29) is 11.6 Å². The van der Waals surface area contributed by atoms with Gasteiger partial charge in [-0.25, -0.2) is 0 Å². The standard InChI is InChI=1S/C18H14N4O3S/c23-16(21-22-17(24)14-4-1-2-10-19-14)12-6-8-13(9-7-12)20-18(25)15-5-3-11-26-15/h1-11H,(H,20,25)(H,21,23)(H,22,24). The average molecular weight is 366 g/mol. The maximum Gasteiger partial charge on any atom is 0.288 e. The van der Waals surface area contributed by atoms with E-state index in [1.807, 2.05) is 5.38 Å². The van der Waals surface area contributed by atoms with Gasteiger partial charge < -0.3 is 5.32 Å². The first-order chi connectivity index (χ1) is 12.6.